The van der Waals surface area contributed by atoms with Gasteiger partial charge in [-0.2, -0.15) is 0 Å². The van der Waals surface area contributed by atoms with E-state index in [9.17, 15) is 39.3 Å². The van der Waals surface area contributed by atoms with Gasteiger partial charge in [0.1, 0.15) is 34.7 Å². The molecule has 0 saturated carbocycles. The number of fused-ring (bicyclic) bond motifs is 14. The monoisotopic (exact) mass is 816 g/mol. The number of hydrogen-bond donors (Lipinski definition) is 5. The average Bonchev–Trinajstić information content (AvgIpc) is 3.47. The highest BCUT2D eigenvalue weighted by Gasteiger charge is 2.53. The van der Waals surface area contributed by atoms with E-state index in [2.05, 4.69) is 10.6 Å². The number of carbonyl (C=O) groups is 5. The van der Waals surface area contributed by atoms with Crippen LogP contribution in [0.1, 0.15) is 85.1 Å². The Morgan fingerprint density at radius 3 is 2.22 bits per heavy atom. The highest BCUT2D eigenvalue weighted by atomic mass is 16.7. The Morgan fingerprint density at radius 1 is 0.898 bits per heavy atom. The van der Waals surface area contributed by atoms with Gasteiger partial charge in [0, 0.05) is 55.8 Å². The van der Waals surface area contributed by atoms with Gasteiger partial charge in [0.2, 0.25) is 11.6 Å². The molecule has 0 unspecified atom stereocenters. The van der Waals surface area contributed by atoms with Gasteiger partial charge in [0.05, 0.1) is 54.1 Å². The number of para-hydroxylation sites is 2. The zero-order chi connectivity index (χ0) is 43.7. The molecule has 6 rings (SSSR count). The summed E-state index contributed by atoms with van der Waals surface area (Å²) in [6.07, 6.45) is 3.26. The summed E-state index contributed by atoms with van der Waals surface area (Å²) in [5.74, 6) is -9.35. The SMILES string of the molecule is COc1ccccc1NC1=C2NC(=O)/C(C)=C\C=C[C@H](C)[C@H](O)[C@@H](C)[C@H](O)[C@H](C)[C@H](OC(C)=O)[C@H](C)[C@@H](OC)/C=C\O[C@@]3(C)Oc4c(C)c(O)c(c(c4C3=O)C1=O)C2=O. The molecule has 2 aromatic carbocycles. The third-order valence-corrected chi connectivity index (χ3v) is 11.3. The van der Waals surface area contributed by atoms with E-state index in [0.717, 1.165) is 6.26 Å². The normalized spacial score (nSPS) is 30.5. The largest absolute Gasteiger partial charge is 0.507 e. The highest BCUT2D eigenvalue weighted by Crippen LogP contribution is 2.49. The molecule has 15 nitrogen and oxygen atoms in total. The molecule has 0 saturated heterocycles. The first kappa shape index (κ1) is 44.3. The van der Waals surface area contributed by atoms with E-state index in [4.69, 9.17) is 23.7 Å². The predicted octanol–water partition coefficient (Wildman–Crippen LogP) is 5.08. The number of esters is 1. The van der Waals surface area contributed by atoms with Gasteiger partial charge in [-0.15, -0.1) is 0 Å². The molecule has 1 aliphatic carbocycles. The van der Waals surface area contributed by atoms with Crippen molar-refractivity contribution in [3.05, 3.63) is 94.1 Å². The number of phenolic OH excluding ortho intramolecular Hbond substituents is 1. The van der Waals surface area contributed by atoms with Crippen LogP contribution in [-0.2, 0) is 23.8 Å². The van der Waals surface area contributed by atoms with Crippen LogP contribution in [0.2, 0.25) is 0 Å². The number of amides is 1. The average molecular weight is 817 g/mol. The quantitative estimate of drug-likeness (QED) is 0.249. The number of Topliss-reactive ketones (excluding diaryl/α,β-unsaturated/α-hetero) is 3. The summed E-state index contributed by atoms with van der Waals surface area (Å²) in [7, 11) is 2.82. The summed E-state index contributed by atoms with van der Waals surface area (Å²) in [6, 6.07) is 6.53. The Hall–Kier alpha value is -5.77. The van der Waals surface area contributed by atoms with Crippen LogP contribution in [0.25, 0.3) is 0 Å². The number of aliphatic hydroxyl groups excluding tert-OH is 2. The lowest BCUT2D eigenvalue weighted by Gasteiger charge is -2.38. The Kier molecular flexibility index (Phi) is 13.2. The van der Waals surface area contributed by atoms with Crippen molar-refractivity contribution in [1.82, 2.24) is 5.32 Å². The first-order chi connectivity index (χ1) is 27.8. The second kappa shape index (κ2) is 17.6. The predicted molar refractivity (Wildman–Crippen MR) is 215 cm³/mol. The van der Waals surface area contributed by atoms with E-state index in [0.29, 0.717) is 0 Å². The zero-order valence-electron chi connectivity index (χ0n) is 34.7. The van der Waals surface area contributed by atoms with E-state index in [-0.39, 0.29) is 33.9 Å². The van der Waals surface area contributed by atoms with E-state index in [1.807, 2.05) is 0 Å². The number of benzene rings is 2. The molecule has 9 atom stereocenters. The fourth-order valence-electron chi connectivity index (χ4n) is 7.69. The van der Waals surface area contributed by atoms with E-state index in [1.165, 1.54) is 60.1 Å². The Balaban J connectivity index is 1.70. The zero-order valence-corrected chi connectivity index (χ0v) is 34.7. The summed E-state index contributed by atoms with van der Waals surface area (Å²) < 4.78 is 28.9. The summed E-state index contributed by atoms with van der Waals surface area (Å²) in [4.78, 5) is 69.7. The molecule has 5 bridgehead atoms. The van der Waals surface area contributed by atoms with E-state index < -0.39 is 111 Å². The number of ether oxygens (including phenoxy) is 5. The van der Waals surface area contributed by atoms with Gasteiger partial charge >= 0.3 is 11.8 Å². The van der Waals surface area contributed by atoms with Crippen LogP contribution >= 0.6 is 0 Å². The molecule has 1 amide bonds. The lowest BCUT2D eigenvalue weighted by Crippen LogP contribution is -2.46. The molecule has 2 aromatic rings. The van der Waals surface area contributed by atoms with Crippen LogP contribution in [0.15, 0.2) is 71.8 Å². The van der Waals surface area contributed by atoms with Crippen LogP contribution < -0.4 is 20.1 Å². The van der Waals surface area contributed by atoms with Crippen LogP contribution in [-0.4, -0.2) is 89.0 Å². The Bertz CT molecular complexity index is 2170. The lowest BCUT2D eigenvalue weighted by atomic mass is 9.78. The second-order valence-electron chi connectivity index (χ2n) is 15.4. The minimum absolute atomic E-state index is 0.0335. The van der Waals surface area contributed by atoms with Crippen molar-refractivity contribution in [3.8, 4) is 17.2 Å². The molecule has 0 fully saturated rings. The standard InChI is InChI=1S/C44H52N2O13/c1-20-14-13-15-21(2)43(54)46-34-33(45-27-16-11-12-17-29(27)56-10)38(51)30-31(39(34)52)37(50)25(6)41-32(30)42(53)44(8,59-41)57-19-18-28(55-9)22(3)40(58-26(7)47)24(5)36(49)23(4)35(20)48/h11-20,22-24,28,35-36,40,45,48-50H,1-10H3,(H,46,54)/b14-13?,19-18-,21-15-/t20-,22+,23+,24-,28-,35-,36-,40+,44-/m0/s1. The summed E-state index contributed by atoms with van der Waals surface area (Å²) in [5.41, 5.74) is -1.90. The molecular weight excluding hydrogens is 764 g/mol. The first-order valence-electron chi connectivity index (χ1n) is 19.2. The summed E-state index contributed by atoms with van der Waals surface area (Å²) >= 11 is 0. The van der Waals surface area contributed by atoms with Crippen molar-refractivity contribution in [2.45, 2.75) is 85.6 Å². The molecule has 3 aliphatic heterocycles. The van der Waals surface area contributed by atoms with Crippen molar-refractivity contribution in [2.24, 2.45) is 23.7 Å². The third kappa shape index (κ3) is 8.40. The maximum absolute atomic E-state index is 14.7. The number of carbonyl (C=O) groups excluding carboxylic acids is 5. The number of aromatic hydroxyl groups is 1. The van der Waals surface area contributed by atoms with Gasteiger partial charge in [-0.25, -0.2) is 0 Å². The van der Waals surface area contributed by atoms with Crippen molar-refractivity contribution in [1.29, 1.82) is 0 Å². The van der Waals surface area contributed by atoms with Crippen molar-refractivity contribution >= 4 is 34.9 Å². The molecule has 59 heavy (non-hydrogen) atoms. The Morgan fingerprint density at radius 2 is 1.58 bits per heavy atom. The number of hydrogen-bond acceptors (Lipinski definition) is 14. The van der Waals surface area contributed by atoms with Crippen LogP contribution in [0, 0.1) is 30.6 Å². The Labute approximate surface area is 342 Å². The maximum atomic E-state index is 14.7. The van der Waals surface area contributed by atoms with Crippen molar-refractivity contribution in [2.75, 3.05) is 19.5 Å². The molecule has 4 aliphatic rings. The number of aliphatic hydroxyl groups is 2. The smallest absolute Gasteiger partial charge is 0.312 e. The fraction of sp³-hybridized carbons (Fsp3) is 0.432. The topological polar surface area (TPSA) is 216 Å². The fourth-order valence-corrected chi connectivity index (χ4v) is 7.69. The molecule has 15 heteroatoms. The number of phenols is 1. The minimum atomic E-state index is -2.12. The maximum Gasteiger partial charge on any atom is 0.312 e. The van der Waals surface area contributed by atoms with E-state index in [1.54, 1.807) is 58.0 Å². The number of anilines is 1. The number of nitrogens with one attached hydrogen (secondary N) is 2. The second-order valence-corrected chi connectivity index (χ2v) is 15.4. The molecule has 316 valence electrons. The molecule has 5 N–H and O–H groups in total. The highest BCUT2D eigenvalue weighted by molar-refractivity contribution is 6.33. The molecule has 3 heterocycles. The van der Waals surface area contributed by atoms with Gasteiger partial charge in [0.25, 0.3) is 11.7 Å². The minimum Gasteiger partial charge on any atom is -0.507 e. The van der Waals surface area contributed by atoms with E-state index >= 15 is 0 Å². The molecule has 0 spiro atoms. The lowest BCUT2D eigenvalue weighted by molar-refractivity contribution is -0.160. The van der Waals surface area contributed by atoms with Gasteiger partial charge in [-0.1, -0.05) is 58.1 Å². The van der Waals surface area contributed by atoms with Gasteiger partial charge in [-0.05, 0) is 32.1 Å². The molecular formula is C44H52N2O13. The van der Waals surface area contributed by atoms with Gasteiger partial charge in [-0.3, -0.25) is 24.0 Å². The summed E-state index contributed by atoms with van der Waals surface area (Å²) in [5, 5.41) is 39.8. The van der Waals surface area contributed by atoms with Gasteiger partial charge in [0.15, 0.2) is 0 Å². The number of rotatable bonds is 5. The van der Waals surface area contributed by atoms with Crippen LogP contribution in [0.4, 0.5) is 5.69 Å². The third-order valence-electron chi connectivity index (χ3n) is 11.3. The molecule has 0 radical (unpaired) electrons. The van der Waals surface area contributed by atoms with Crippen molar-refractivity contribution in [3.63, 3.8) is 0 Å². The van der Waals surface area contributed by atoms with Crippen LogP contribution in [0.5, 0.6) is 17.2 Å². The first-order valence-corrected chi connectivity index (χ1v) is 19.2. The van der Waals surface area contributed by atoms with Gasteiger partial charge < -0.3 is 49.6 Å². The number of methoxy groups -OCH3 is 2. The number of ketones is 3. The summed E-state index contributed by atoms with van der Waals surface area (Å²) in [6.45, 7) is 12.3. The molecule has 0 aromatic heterocycles. The van der Waals surface area contributed by atoms with Crippen molar-refractivity contribution < 1.29 is 63.0 Å². The number of allylic oxidation sites excluding steroid dienone is 4. The van der Waals surface area contributed by atoms with Crippen LogP contribution in [0.3, 0.4) is 0 Å².